The maximum Gasteiger partial charge on any atom is 0.181 e. The molecule has 0 saturated heterocycles. The molecular weight excluding hydrogens is 579 g/mol. The molecule has 8 rings (SSSR count). The minimum Gasteiger partial charge on any atom is -0.311 e. The molecule has 7 aromatic rings. The largest absolute Gasteiger partial charge is 0.311 e. The van der Waals surface area contributed by atoms with Gasteiger partial charge in [-0.25, -0.2) is 0 Å². The second kappa shape index (κ2) is 11.8. The Kier molecular flexibility index (Phi) is 7.18. The minimum absolute atomic E-state index is 1.14. The van der Waals surface area contributed by atoms with Crippen LogP contribution in [0.25, 0.3) is 11.1 Å². The van der Waals surface area contributed by atoms with Crippen molar-refractivity contribution in [3.05, 3.63) is 188 Å². The highest BCUT2D eigenvalue weighted by Crippen LogP contribution is 2.37. The summed E-state index contributed by atoms with van der Waals surface area (Å²) in [5, 5.41) is 5.76. The summed E-state index contributed by atoms with van der Waals surface area (Å²) in [6.45, 7) is 0. The lowest BCUT2D eigenvalue weighted by atomic mass is 10.0. The van der Waals surface area contributed by atoms with E-state index in [9.17, 15) is 0 Å². The molecule has 7 aromatic carbocycles. The Morgan fingerprint density at radius 1 is 0.356 bits per heavy atom. The van der Waals surface area contributed by atoms with Crippen LogP contribution in [0.4, 0.5) is 17.1 Å². The molecule has 0 atom stereocenters. The molecule has 1 nitrogen and oxygen atoms in total. The molecule has 1 aliphatic rings. The Labute approximate surface area is 270 Å². The maximum atomic E-state index is 2.49. The van der Waals surface area contributed by atoms with Gasteiger partial charge in [0.1, 0.15) is 0 Å². The lowest BCUT2D eigenvalue weighted by Crippen LogP contribution is -2.76. The molecule has 3 heteroatoms. The summed E-state index contributed by atoms with van der Waals surface area (Å²) < 4.78 is 0. The highest BCUT2D eigenvalue weighted by atomic mass is 32.2. The van der Waals surface area contributed by atoms with Gasteiger partial charge in [0.25, 0.3) is 0 Å². The highest BCUT2D eigenvalue weighted by Gasteiger charge is 2.46. The number of para-hydroxylation sites is 2. The second-order valence-electron chi connectivity index (χ2n) is 11.3. The summed E-state index contributed by atoms with van der Waals surface area (Å²) in [6, 6.07) is 68.9. The number of anilines is 3. The zero-order chi connectivity index (χ0) is 30.1. The summed E-state index contributed by atoms with van der Waals surface area (Å²) in [5.74, 6) is 0. The number of rotatable bonds is 6. The van der Waals surface area contributed by atoms with Gasteiger partial charge in [0.15, 0.2) is 8.07 Å². The average molecular weight is 610 g/mol. The van der Waals surface area contributed by atoms with Gasteiger partial charge in [0, 0.05) is 26.9 Å². The van der Waals surface area contributed by atoms with Crippen molar-refractivity contribution in [1.82, 2.24) is 0 Å². The normalized spacial score (nSPS) is 13.0. The van der Waals surface area contributed by atoms with Gasteiger partial charge in [0.05, 0.1) is 0 Å². The Morgan fingerprint density at radius 3 is 1.38 bits per heavy atom. The molecule has 0 bridgehead atoms. The SMILES string of the molecule is c1ccc(N(c2ccccc2)c2ccc(-c3ccc4c(c3)[Si](c3ccccc3)(c3ccccc3)c3ccccc3S4)cc2)cc1. The summed E-state index contributed by atoms with van der Waals surface area (Å²) >= 11 is 1.91. The molecular formula is C42H31NSSi. The molecule has 0 amide bonds. The Morgan fingerprint density at radius 2 is 0.800 bits per heavy atom. The summed E-state index contributed by atoms with van der Waals surface area (Å²) in [4.78, 5) is 5.03. The van der Waals surface area contributed by atoms with Crippen molar-refractivity contribution >= 4 is 57.6 Å². The molecule has 0 spiro atoms. The summed E-state index contributed by atoms with van der Waals surface area (Å²) in [7, 11) is -2.59. The second-order valence-corrected chi connectivity index (χ2v) is 16.2. The van der Waals surface area contributed by atoms with Crippen LogP contribution in [-0.4, -0.2) is 8.07 Å². The monoisotopic (exact) mass is 609 g/mol. The van der Waals surface area contributed by atoms with Crippen LogP contribution in [-0.2, 0) is 0 Å². The third-order valence-corrected chi connectivity index (χ3v) is 15.2. The van der Waals surface area contributed by atoms with Gasteiger partial charge >= 0.3 is 0 Å². The van der Waals surface area contributed by atoms with Crippen molar-refractivity contribution in [2.75, 3.05) is 4.90 Å². The van der Waals surface area contributed by atoms with E-state index in [-0.39, 0.29) is 0 Å². The molecule has 214 valence electrons. The van der Waals surface area contributed by atoms with Crippen molar-refractivity contribution in [2.24, 2.45) is 0 Å². The number of nitrogens with zero attached hydrogens (tertiary/aromatic N) is 1. The van der Waals surface area contributed by atoms with Crippen molar-refractivity contribution in [2.45, 2.75) is 9.79 Å². The zero-order valence-corrected chi connectivity index (χ0v) is 26.6. The topological polar surface area (TPSA) is 3.24 Å². The Hall–Kier alpha value is -5.09. The first kappa shape index (κ1) is 27.5. The minimum atomic E-state index is -2.59. The van der Waals surface area contributed by atoms with Gasteiger partial charge in [-0.2, -0.15) is 0 Å². The van der Waals surface area contributed by atoms with Crippen molar-refractivity contribution in [3.63, 3.8) is 0 Å². The predicted molar refractivity (Wildman–Crippen MR) is 194 cm³/mol. The molecule has 0 fully saturated rings. The van der Waals surface area contributed by atoms with Crippen LogP contribution in [0.1, 0.15) is 0 Å². The van der Waals surface area contributed by atoms with Gasteiger partial charge in [-0.05, 0) is 80.4 Å². The van der Waals surface area contributed by atoms with Crippen LogP contribution < -0.4 is 25.6 Å². The molecule has 0 aromatic heterocycles. The van der Waals surface area contributed by atoms with Crippen LogP contribution in [0, 0.1) is 0 Å². The molecule has 1 heterocycles. The number of fused-ring (bicyclic) bond motifs is 2. The van der Waals surface area contributed by atoms with Crippen LogP contribution in [0.3, 0.4) is 0 Å². The first-order valence-electron chi connectivity index (χ1n) is 15.4. The zero-order valence-electron chi connectivity index (χ0n) is 24.8. The lowest BCUT2D eigenvalue weighted by Gasteiger charge is -2.40. The van der Waals surface area contributed by atoms with E-state index in [4.69, 9.17) is 0 Å². The summed E-state index contributed by atoms with van der Waals surface area (Å²) in [5.41, 5.74) is 5.88. The van der Waals surface area contributed by atoms with Gasteiger partial charge in [0.2, 0.25) is 0 Å². The predicted octanol–water partition coefficient (Wildman–Crippen LogP) is 8.67. The van der Waals surface area contributed by atoms with Gasteiger partial charge in [-0.1, -0.05) is 151 Å². The van der Waals surface area contributed by atoms with E-state index < -0.39 is 8.07 Å². The highest BCUT2D eigenvalue weighted by molar-refractivity contribution is 8.00. The first-order chi connectivity index (χ1) is 22.3. The fourth-order valence-electron chi connectivity index (χ4n) is 6.79. The van der Waals surface area contributed by atoms with E-state index in [2.05, 4.69) is 193 Å². The van der Waals surface area contributed by atoms with Crippen LogP contribution in [0.5, 0.6) is 0 Å². The van der Waals surface area contributed by atoms with E-state index >= 15 is 0 Å². The Bertz CT molecular complexity index is 1980. The summed E-state index contributed by atoms with van der Waals surface area (Å²) in [6.07, 6.45) is 0. The average Bonchev–Trinajstić information content (AvgIpc) is 3.12. The lowest BCUT2D eigenvalue weighted by molar-refractivity contribution is 1.28. The van der Waals surface area contributed by atoms with Crippen LogP contribution in [0.15, 0.2) is 198 Å². The maximum absolute atomic E-state index is 2.59. The smallest absolute Gasteiger partial charge is 0.181 e. The van der Waals surface area contributed by atoms with Crippen molar-refractivity contribution in [1.29, 1.82) is 0 Å². The van der Waals surface area contributed by atoms with E-state index in [0.29, 0.717) is 0 Å². The number of hydrogen-bond acceptors (Lipinski definition) is 2. The van der Waals surface area contributed by atoms with Gasteiger partial charge in [-0.15, -0.1) is 0 Å². The standard InChI is InChI=1S/C42H31NSSi/c1-5-15-34(16-6-1)43(35-17-7-2-8-18-35)36-28-25-32(26-29-36)33-27-30-40-42(31-33)45(37-19-9-3-10-20-37,38-21-11-4-12-22-38)41-24-14-13-23-39(41)44-40/h1-31H. The molecule has 0 aliphatic carbocycles. The molecule has 45 heavy (non-hydrogen) atoms. The van der Waals surface area contributed by atoms with E-state index in [1.165, 1.54) is 41.7 Å². The Balaban J connectivity index is 1.28. The molecule has 0 unspecified atom stereocenters. The van der Waals surface area contributed by atoms with Crippen LogP contribution in [0.2, 0.25) is 0 Å². The molecule has 0 saturated carbocycles. The fourth-order valence-corrected chi connectivity index (χ4v) is 13.8. The van der Waals surface area contributed by atoms with Crippen LogP contribution >= 0.6 is 11.8 Å². The number of hydrogen-bond donors (Lipinski definition) is 0. The third-order valence-electron chi connectivity index (χ3n) is 8.80. The quantitative estimate of drug-likeness (QED) is 0.174. The van der Waals surface area contributed by atoms with Crippen molar-refractivity contribution < 1.29 is 0 Å². The fraction of sp³-hybridized carbons (Fsp3) is 0. The number of benzene rings is 7. The van der Waals surface area contributed by atoms with Gasteiger partial charge in [-0.3, -0.25) is 0 Å². The first-order valence-corrected chi connectivity index (χ1v) is 18.2. The van der Waals surface area contributed by atoms with E-state index in [1.54, 1.807) is 0 Å². The van der Waals surface area contributed by atoms with Crippen molar-refractivity contribution in [3.8, 4) is 11.1 Å². The molecule has 0 N–H and O–H groups in total. The third kappa shape index (κ3) is 4.82. The van der Waals surface area contributed by atoms with E-state index in [1.807, 2.05) is 11.8 Å². The molecule has 0 radical (unpaired) electrons. The van der Waals surface area contributed by atoms with E-state index in [0.717, 1.165) is 17.1 Å². The molecule has 1 aliphatic heterocycles. The van der Waals surface area contributed by atoms with Gasteiger partial charge < -0.3 is 4.90 Å².